The summed E-state index contributed by atoms with van der Waals surface area (Å²) in [5.74, 6) is 1.70. The van der Waals surface area contributed by atoms with Gasteiger partial charge in [0.05, 0.1) is 18.8 Å². The van der Waals surface area contributed by atoms with E-state index in [-0.39, 0.29) is 0 Å². The van der Waals surface area contributed by atoms with Crippen molar-refractivity contribution in [2.75, 3.05) is 13.2 Å². The van der Waals surface area contributed by atoms with Crippen LogP contribution in [0.3, 0.4) is 0 Å². The van der Waals surface area contributed by atoms with Crippen molar-refractivity contribution >= 4 is 0 Å². The summed E-state index contributed by atoms with van der Waals surface area (Å²) in [5.41, 5.74) is 2.82. The minimum atomic E-state index is 0.323. The van der Waals surface area contributed by atoms with Crippen molar-refractivity contribution < 1.29 is 9.47 Å². The number of benzene rings is 1. The maximum atomic E-state index is 6.25. The van der Waals surface area contributed by atoms with Gasteiger partial charge in [0.1, 0.15) is 0 Å². The second-order valence-electron chi connectivity index (χ2n) is 8.43. The molecular formula is C24H38O2. The number of rotatable bonds is 8. The Morgan fingerprint density at radius 2 is 1.58 bits per heavy atom. The number of ether oxygens (including phenoxy) is 2. The maximum absolute atomic E-state index is 6.25. The van der Waals surface area contributed by atoms with Crippen molar-refractivity contribution in [3.63, 3.8) is 0 Å². The van der Waals surface area contributed by atoms with Gasteiger partial charge in [0.15, 0.2) is 0 Å². The normalized spacial score (nSPS) is 29.6. The van der Waals surface area contributed by atoms with Crippen LogP contribution in [0.4, 0.5) is 0 Å². The van der Waals surface area contributed by atoms with Crippen LogP contribution in [-0.4, -0.2) is 19.3 Å². The minimum Gasteiger partial charge on any atom is -0.379 e. The molecule has 2 aliphatic rings. The molecule has 0 N–H and O–H groups in total. The molecule has 0 amide bonds. The molecular weight excluding hydrogens is 320 g/mol. The first-order valence-corrected chi connectivity index (χ1v) is 11.1. The molecule has 2 atom stereocenters. The maximum Gasteiger partial charge on any atom is 0.0825 e. The molecule has 1 saturated carbocycles. The van der Waals surface area contributed by atoms with E-state index in [0.29, 0.717) is 12.2 Å². The third-order valence-corrected chi connectivity index (χ3v) is 6.44. The van der Waals surface area contributed by atoms with Crippen LogP contribution in [0.5, 0.6) is 0 Å². The summed E-state index contributed by atoms with van der Waals surface area (Å²) in [6.45, 7) is 6.18. The Hall–Kier alpha value is -0.860. The topological polar surface area (TPSA) is 18.5 Å². The molecule has 0 aromatic heterocycles. The highest BCUT2D eigenvalue weighted by atomic mass is 16.5. The number of aryl methyl sites for hydroxylation is 1. The Kier molecular flexibility index (Phi) is 8.01. The molecule has 1 heterocycles. The van der Waals surface area contributed by atoms with Gasteiger partial charge < -0.3 is 9.47 Å². The third kappa shape index (κ3) is 5.82. The van der Waals surface area contributed by atoms with E-state index in [1.807, 2.05) is 0 Å². The van der Waals surface area contributed by atoms with Crippen LogP contribution in [0.1, 0.15) is 88.9 Å². The lowest BCUT2D eigenvalue weighted by atomic mass is 9.81. The van der Waals surface area contributed by atoms with E-state index in [0.717, 1.165) is 25.0 Å². The van der Waals surface area contributed by atoms with Gasteiger partial charge in [0.2, 0.25) is 0 Å². The third-order valence-electron chi connectivity index (χ3n) is 6.44. The van der Waals surface area contributed by atoms with Crippen LogP contribution in [0.15, 0.2) is 24.3 Å². The Morgan fingerprint density at radius 3 is 2.19 bits per heavy atom. The van der Waals surface area contributed by atoms with Crippen LogP contribution in [-0.2, 0) is 15.9 Å². The smallest absolute Gasteiger partial charge is 0.0825 e. The van der Waals surface area contributed by atoms with Crippen molar-refractivity contribution in [1.29, 1.82) is 0 Å². The number of hydrogen-bond donors (Lipinski definition) is 0. The molecule has 1 aliphatic carbocycles. The van der Waals surface area contributed by atoms with Crippen molar-refractivity contribution in [2.45, 2.75) is 90.3 Å². The van der Waals surface area contributed by atoms with E-state index in [4.69, 9.17) is 9.47 Å². The van der Waals surface area contributed by atoms with Gasteiger partial charge in [-0.05, 0) is 81.3 Å². The van der Waals surface area contributed by atoms with E-state index in [1.165, 1.54) is 75.3 Å². The van der Waals surface area contributed by atoms with Crippen LogP contribution >= 0.6 is 0 Å². The Morgan fingerprint density at radius 1 is 0.885 bits per heavy atom. The molecule has 2 heteroatoms. The van der Waals surface area contributed by atoms with E-state index < -0.39 is 0 Å². The molecule has 1 saturated heterocycles. The fraction of sp³-hybridized carbons (Fsp3) is 0.750. The molecule has 146 valence electrons. The molecule has 1 aliphatic heterocycles. The van der Waals surface area contributed by atoms with Crippen molar-refractivity contribution in [2.24, 2.45) is 11.8 Å². The Labute approximate surface area is 160 Å². The highest BCUT2D eigenvalue weighted by Gasteiger charge is 2.25. The molecule has 0 radical (unpaired) electrons. The van der Waals surface area contributed by atoms with Crippen LogP contribution in [0.2, 0.25) is 0 Å². The molecule has 1 aromatic rings. The molecule has 2 nitrogen and oxygen atoms in total. The lowest BCUT2D eigenvalue weighted by Gasteiger charge is -2.32. The predicted octanol–water partition coefficient (Wildman–Crippen LogP) is 6.48. The highest BCUT2D eigenvalue weighted by Crippen LogP contribution is 2.35. The van der Waals surface area contributed by atoms with Crippen molar-refractivity contribution in [1.82, 2.24) is 0 Å². The summed E-state index contributed by atoms with van der Waals surface area (Å²) < 4.78 is 12.0. The van der Waals surface area contributed by atoms with Gasteiger partial charge in [0.25, 0.3) is 0 Å². The fourth-order valence-corrected chi connectivity index (χ4v) is 4.78. The minimum absolute atomic E-state index is 0.323. The van der Waals surface area contributed by atoms with Gasteiger partial charge in [-0.3, -0.25) is 0 Å². The standard InChI is InChI=1S/C24H38O2/c1-3-5-19-8-13-22(14-9-19)24-17-12-21(18-26-24)7-6-20-10-15-23(16-11-20)25-4-2/h8-9,13-14,20-21,23-24H,3-7,10-12,15-18H2,1-2H3. The molecule has 2 unspecified atom stereocenters. The second-order valence-corrected chi connectivity index (χ2v) is 8.43. The Bertz CT molecular complexity index is 493. The first-order valence-electron chi connectivity index (χ1n) is 11.1. The van der Waals surface area contributed by atoms with Crippen LogP contribution < -0.4 is 0 Å². The molecule has 3 rings (SSSR count). The van der Waals surface area contributed by atoms with Crippen LogP contribution in [0.25, 0.3) is 0 Å². The SMILES string of the molecule is CCCc1ccc(C2CCC(CCC3CCC(OCC)CC3)CO2)cc1. The van der Waals surface area contributed by atoms with Crippen molar-refractivity contribution in [3.05, 3.63) is 35.4 Å². The lowest BCUT2D eigenvalue weighted by Crippen LogP contribution is -2.24. The molecule has 26 heavy (non-hydrogen) atoms. The zero-order valence-electron chi connectivity index (χ0n) is 16.9. The summed E-state index contributed by atoms with van der Waals surface area (Å²) in [4.78, 5) is 0. The van der Waals surface area contributed by atoms with Crippen LogP contribution in [0, 0.1) is 11.8 Å². The van der Waals surface area contributed by atoms with E-state index >= 15 is 0 Å². The predicted molar refractivity (Wildman–Crippen MR) is 108 cm³/mol. The summed E-state index contributed by atoms with van der Waals surface area (Å²) in [7, 11) is 0. The molecule has 2 fully saturated rings. The zero-order valence-corrected chi connectivity index (χ0v) is 16.9. The quantitative estimate of drug-likeness (QED) is 0.529. The first-order chi connectivity index (χ1) is 12.8. The summed E-state index contributed by atoms with van der Waals surface area (Å²) in [6, 6.07) is 9.14. The van der Waals surface area contributed by atoms with E-state index in [9.17, 15) is 0 Å². The van der Waals surface area contributed by atoms with E-state index in [2.05, 4.69) is 38.1 Å². The van der Waals surface area contributed by atoms with Crippen molar-refractivity contribution in [3.8, 4) is 0 Å². The summed E-state index contributed by atoms with van der Waals surface area (Å²) >= 11 is 0. The van der Waals surface area contributed by atoms with Gasteiger partial charge in [-0.15, -0.1) is 0 Å². The second kappa shape index (κ2) is 10.5. The largest absolute Gasteiger partial charge is 0.379 e. The average Bonchev–Trinajstić information content (AvgIpc) is 2.69. The average molecular weight is 359 g/mol. The molecule has 0 spiro atoms. The summed E-state index contributed by atoms with van der Waals surface area (Å²) in [5, 5.41) is 0. The van der Waals surface area contributed by atoms with Gasteiger partial charge in [-0.1, -0.05) is 44.0 Å². The monoisotopic (exact) mass is 358 g/mol. The molecule has 0 bridgehead atoms. The van der Waals surface area contributed by atoms with Gasteiger partial charge >= 0.3 is 0 Å². The van der Waals surface area contributed by atoms with Gasteiger partial charge in [0, 0.05) is 6.61 Å². The van der Waals surface area contributed by atoms with Gasteiger partial charge in [-0.25, -0.2) is 0 Å². The lowest BCUT2D eigenvalue weighted by molar-refractivity contribution is -0.0224. The first kappa shape index (κ1) is 19.9. The highest BCUT2D eigenvalue weighted by molar-refractivity contribution is 5.24. The Balaban J connectivity index is 1.35. The number of hydrogen-bond acceptors (Lipinski definition) is 2. The molecule has 1 aromatic carbocycles. The van der Waals surface area contributed by atoms with Gasteiger partial charge in [-0.2, -0.15) is 0 Å². The van der Waals surface area contributed by atoms with E-state index in [1.54, 1.807) is 0 Å². The summed E-state index contributed by atoms with van der Waals surface area (Å²) in [6.07, 6.45) is 13.8. The zero-order chi connectivity index (χ0) is 18.2. The fourth-order valence-electron chi connectivity index (χ4n) is 4.78.